The van der Waals surface area contributed by atoms with E-state index in [1.54, 1.807) is 36.4 Å². The smallest absolute Gasteiger partial charge is 0.346 e. The van der Waals surface area contributed by atoms with Gasteiger partial charge in [-0.3, -0.25) is 36.0 Å². The van der Waals surface area contributed by atoms with Gasteiger partial charge in [0.25, 0.3) is 11.1 Å². The summed E-state index contributed by atoms with van der Waals surface area (Å²) in [7, 11) is 0. The Bertz CT molecular complexity index is 6970. The molecule has 0 aliphatic carbocycles. The molecule has 0 radical (unpaired) electrons. The largest absolute Gasteiger partial charge is 0.471 e. The average molecular weight is 2460 g/mol. The van der Waals surface area contributed by atoms with Gasteiger partial charge < -0.3 is 34.3 Å². The van der Waals surface area contributed by atoms with Crippen LogP contribution in [0.15, 0.2) is 320 Å². The van der Waals surface area contributed by atoms with Crippen molar-refractivity contribution in [1.82, 2.24) is 61.2 Å². The third-order valence-corrected chi connectivity index (χ3v) is 22.7. The quantitative estimate of drug-likeness (QED) is 0.0235. The van der Waals surface area contributed by atoms with Crippen molar-refractivity contribution in [1.29, 1.82) is 0 Å². The number of aliphatic hydroxyl groups is 1. The van der Waals surface area contributed by atoms with Gasteiger partial charge in [0.1, 0.15) is 26.4 Å². The van der Waals surface area contributed by atoms with Gasteiger partial charge in [0.05, 0.1) is 28.5 Å². The van der Waals surface area contributed by atoms with Crippen LogP contribution in [0.5, 0.6) is 23.5 Å². The highest BCUT2D eigenvalue weighted by Crippen LogP contribution is 2.61. The van der Waals surface area contributed by atoms with E-state index in [4.69, 9.17) is 93.7 Å². The maximum atomic E-state index is 11.2. The number of carbonyl (C=O) groups excluding carboxylic acids is 2. The number of aromatic nitrogens is 12. The van der Waals surface area contributed by atoms with Crippen molar-refractivity contribution in [3.8, 4) is 23.5 Å². The first-order valence-corrected chi connectivity index (χ1v) is 50.2. The molecule has 134 heavy (non-hydrogen) atoms. The third-order valence-electron chi connectivity index (χ3n) is 17.6. The fraction of sp³-hybridized carbons (Fsp3) is 0.0549. The number of nitrogens with zero attached hydrogens (tertiary/aromatic N) is 10. The molecule has 12 aromatic carbocycles. The highest BCUT2D eigenvalue weighted by molar-refractivity contribution is 9.11. The minimum atomic E-state index is -3.22. The first kappa shape index (κ1) is 108. The molecule has 6 aromatic heterocycles. The van der Waals surface area contributed by atoms with Crippen LogP contribution in [-0.4, -0.2) is 83.7 Å². The second kappa shape index (κ2) is 54.6. The van der Waals surface area contributed by atoms with Crippen LogP contribution in [0.2, 0.25) is 30.9 Å². The molecule has 0 fully saturated rings. The van der Waals surface area contributed by atoms with Crippen molar-refractivity contribution in [3.63, 3.8) is 0 Å². The zero-order chi connectivity index (χ0) is 95.7. The Morgan fingerprint density at radius 2 is 0.515 bits per heavy atom. The lowest BCUT2D eigenvalue weighted by atomic mass is 10.1. The fourth-order valence-corrected chi connectivity index (χ4v) is 15.2. The summed E-state index contributed by atoms with van der Waals surface area (Å²) in [6.07, 6.45) is 0. The summed E-state index contributed by atoms with van der Waals surface area (Å²) in [6, 6.07) is 87.5. The minimum Gasteiger partial charge on any atom is -0.471 e. The van der Waals surface area contributed by atoms with Gasteiger partial charge in [-0.05, 0) is 189 Å². The number of aromatic amines is 2. The number of cyclic esters (lactones) is 2. The number of hydrogen-bond donors (Lipinski definition) is 5. The number of hydrazine groups is 1. The number of esters is 2. The number of fused-ring (bicyclic) bond motifs is 7. The summed E-state index contributed by atoms with van der Waals surface area (Å²) in [6.45, 7) is 1.92. The monoisotopic (exact) mass is 2440 g/mol. The molecular formula is C91H65Br7Cl9N14O12P. The third kappa shape index (κ3) is 33.3. The molecule has 9 N–H and O–H groups in total. The number of carbonyl (C=O) groups is 2. The van der Waals surface area contributed by atoms with E-state index >= 15 is 0 Å². The second-order valence-corrected chi connectivity index (χ2v) is 41.7. The minimum absolute atomic E-state index is 0. The van der Waals surface area contributed by atoms with Crippen LogP contribution >= 0.6 is 220 Å². The molecule has 688 valence electrons. The summed E-state index contributed by atoms with van der Waals surface area (Å²) in [5.74, 6) is 8.80. The number of aliphatic hydroxyl groups excluding tert-OH is 1. The number of hydrogen-bond acceptors (Lipinski definition) is 23. The number of H-pyrrole nitrogens is 2. The molecule has 43 heteroatoms. The van der Waals surface area contributed by atoms with Crippen LogP contribution in [0.1, 0.15) is 48.5 Å². The molecular weight excluding hydrogens is 2390 g/mol. The summed E-state index contributed by atoms with van der Waals surface area (Å²) >= 11 is 73.3. The molecule has 18 aromatic rings. The Kier molecular flexibility index (Phi) is 44.1. The van der Waals surface area contributed by atoms with E-state index in [-0.39, 0.29) is 23.2 Å². The molecule has 0 bridgehead atoms. The zero-order valence-electron chi connectivity index (χ0n) is 68.2. The van der Waals surface area contributed by atoms with Gasteiger partial charge >= 0.3 is 17.1 Å². The van der Waals surface area contributed by atoms with Crippen LogP contribution in [0, 0.1) is 0 Å². The van der Waals surface area contributed by atoms with Gasteiger partial charge in [-0.15, -0.1) is 51.0 Å². The number of nitrogens with one attached hydrogen (secondary N) is 2. The van der Waals surface area contributed by atoms with E-state index < -0.39 is 17.1 Å². The number of nitrogens with two attached hydrogens (primary N) is 2. The van der Waals surface area contributed by atoms with Crippen molar-refractivity contribution in [2.24, 2.45) is 11.7 Å². The summed E-state index contributed by atoms with van der Waals surface area (Å²) in [4.78, 5) is 44.3. The van der Waals surface area contributed by atoms with Crippen molar-refractivity contribution < 1.29 is 48.4 Å². The van der Waals surface area contributed by atoms with Crippen LogP contribution in [0.4, 0.5) is 0 Å². The van der Waals surface area contributed by atoms with Crippen LogP contribution in [0.3, 0.4) is 0 Å². The zero-order valence-corrected chi connectivity index (χ0v) is 87.0. The molecule has 0 atom stereocenters. The molecule has 0 saturated heterocycles. The molecule has 1 aliphatic heterocycles. The molecule has 0 amide bonds. The second-order valence-electron chi connectivity index (χ2n) is 26.5. The maximum absolute atomic E-state index is 11.2. The Morgan fingerprint density at radius 3 is 0.828 bits per heavy atom. The molecule has 19 rings (SSSR count). The van der Waals surface area contributed by atoms with Gasteiger partial charge in [-0.2, -0.15) is 0 Å². The highest BCUT2D eigenvalue weighted by atomic mass is 79.9. The molecule has 7 heterocycles. The average Bonchev–Trinajstić information content (AvgIpc) is 1.57. The molecule has 1 aliphatic rings. The first-order chi connectivity index (χ1) is 63.9. The van der Waals surface area contributed by atoms with E-state index in [0.29, 0.717) is 103 Å². The lowest BCUT2D eigenvalue weighted by Gasteiger charge is -2.08. The maximum Gasteiger partial charge on any atom is 0.346 e. The first-order valence-electron chi connectivity index (χ1n) is 38.0. The molecule has 0 saturated carbocycles. The summed E-state index contributed by atoms with van der Waals surface area (Å²) in [5.41, 5.74) is 5.35. The SMILES string of the molecule is Clc1nnc(Cl)c2cc(Br)ccc12.Clc1nnc(OCc2ccccc2)c2cc(Br)ccc12.Clc1nnc(OCc2ccccc2)c2cc(Br)ccc12.Clc1nnc(OCc2ccccc2)c2ccc(Br)cc12.Clc1nnc(OCc2ccccc2)c2ccc(Br)cc12.NN.O.O=C1OC(=O)c2cc(Br)ccc21.O=P(Cl)(Cl)Cl.O=c1[nH][nH]c(=O)c2cc(Br)ccc12.OCc1ccccc1. The van der Waals surface area contributed by atoms with Crippen molar-refractivity contribution in [2.75, 3.05) is 0 Å². The number of ether oxygens (including phenoxy) is 5. The van der Waals surface area contributed by atoms with Gasteiger partial charge in [-0.25, -0.2) is 9.59 Å². The Labute approximate surface area is 866 Å². The van der Waals surface area contributed by atoms with Crippen molar-refractivity contribution in [3.05, 3.63) is 401 Å². The lowest BCUT2D eigenvalue weighted by Crippen LogP contribution is -2.18. The van der Waals surface area contributed by atoms with Crippen molar-refractivity contribution in [2.45, 2.75) is 33.0 Å². The van der Waals surface area contributed by atoms with E-state index in [1.807, 2.05) is 243 Å². The number of rotatable bonds is 13. The summed E-state index contributed by atoms with van der Waals surface area (Å²) < 4.78 is 43.2. The van der Waals surface area contributed by atoms with Gasteiger partial charge in [0, 0.05) is 85.2 Å². The highest BCUT2D eigenvalue weighted by Gasteiger charge is 2.29. The fourth-order valence-electron chi connectivity index (χ4n) is 11.5. The Hall–Kier alpha value is -9.34. The normalized spacial score (nSPS) is 10.8. The Balaban J connectivity index is 0.000000172. The van der Waals surface area contributed by atoms with Gasteiger partial charge in [0.2, 0.25) is 23.5 Å². The molecule has 26 nitrogen and oxygen atoms in total. The molecule has 0 spiro atoms. The number of halogens is 16. The number of benzene rings is 12. The van der Waals surface area contributed by atoms with Crippen LogP contribution < -0.4 is 41.8 Å². The van der Waals surface area contributed by atoms with E-state index in [2.05, 4.69) is 223 Å². The van der Waals surface area contributed by atoms with E-state index in [0.717, 1.165) is 113 Å². The molecule has 0 unspecified atom stereocenters. The predicted molar refractivity (Wildman–Crippen MR) is 556 cm³/mol. The summed E-state index contributed by atoms with van der Waals surface area (Å²) in [5, 5.41) is 60.4. The Morgan fingerprint density at radius 1 is 0.291 bits per heavy atom. The van der Waals surface area contributed by atoms with Crippen LogP contribution in [-0.2, 0) is 42.3 Å². The predicted octanol–water partition coefficient (Wildman–Crippen LogP) is 26.9. The van der Waals surface area contributed by atoms with E-state index in [1.165, 1.54) is 0 Å². The standard InChI is InChI=1S/4C15H10BrClN2O.C8H3BrCl2N2.C8H5BrN2O2.C8H3BrO3.C7H8O.Cl3OP.H4N2.H2O/c2*16-11-6-7-12-13(8-11)14(17)18-19-15(12)20-9-10-4-2-1-3-5-10;2*16-11-6-7-12-13(8-11)15(19-18-14(12)17)20-9-10-4-2-1-3-5-10;9-4-1-2-5-6(3-4)8(11)13-12-7(5)10;9-4-1-2-5-6(3-4)8(13)11-10-7(5)12;9-4-1-2-5-6(3-4)8(11)12-7(5)10;8-6-7-4-2-1-3-5-7;1-5(2,3)4;1-2;/h4*1-8H,9H2;1-3H;1-3H,(H,10,12)(H,11,13);1-3H;1-5,8H,6H2;;1-2H2;1H2. The van der Waals surface area contributed by atoms with Crippen molar-refractivity contribution >= 4 is 297 Å². The van der Waals surface area contributed by atoms with Gasteiger partial charge in [0.15, 0.2) is 30.9 Å². The van der Waals surface area contributed by atoms with Crippen LogP contribution in [0.25, 0.3) is 64.6 Å². The lowest BCUT2D eigenvalue weighted by molar-refractivity contribution is 0.0443. The van der Waals surface area contributed by atoms with Gasteiger partial charge in [-0.1, -0.05) is 333 Å². The van der Waals surface area contributed by atoms with E-state index in [9.17, 15) is 23.7 Å². The topological polar surface area (TPSA) is 396 Å².